The van der Waals surface area contributed by atoms with E-state index in [1.54, 1.807) is 7.11 Å². The van der Waals surface area contributed by atoms with Gasteiger partial charge >= 0.3 is 0 Å². The van der Waals surface area contributed by atoms with Crippen LogP contribution in [0.5, 0.6) is 0 Å². The summed E-state index contributed by atoms with van der Waals surface area (Å²) in [5.74, 6) is 0.0174. The highest BCUT2D eigenvalue weighted by atomic mass is 16.5. The zero-order valence-corrected chi connectivity index (χ0v) is 10.3. The number of hydrogen-bond donors (Lipinski definition) is 3. The number of aliphatic hydroxyl groups excluding tert-OH is 1. The van der Waals surface area contributed by atoms with Crippen LogP contribution in [0.25, 0.3) is 0 Å². The first-order valence-electron chi connectivity index (χ1n) is 6.00. The summed E-state index contributed by atoms with van der Waals surface area (Å²) < 4.78 is 10.0. The number of carbonyl (C=O) groups excluding carboxylic acids is 1. The Kier molecular flexibility index (Phi) is 7.11. The molecular formula is C11H22N2O4. The molecule has 100 valence electrons. The van der Waals surface area contributed by atoms with E-state index in [0.717, 1.165) is 19.4 Å². The molecule has 0 saturated carbocycles. The second-order valence-corrected chi connectivity index (χ2v) is 4.12. The van der Waals surface area contributed by atoms with Crippen LogP contribution in [0, 0.1) is 0 Å². The zero-order chi connectivity index (χ0) is 12.5. The Morgan fingerprint density at radius 2 is 2.41 bits per heavy atom. The first-order valence-corrected chi connectivity index (χ1v) is 6.00. The Balaban J connectivity index is 2.05. The monoisotopic (exact) mass is 246 g/mol. The number of rotatable bonds is 8. The van der Waals surface area contributed by atoms with Gasteiger partial charge in [0.15, 0.2) is 0 Å². The average Bonchev–Trinajstić information content (AvgIpc) is 2.34. The summed E-state index contributed by atoms with van der Waals surface area (Å²) in [6.45, 7) is 2.36. The number of nitrogens with one attached hydrogen (secondary N) is 2. The molecule has 1 aliphatic heterocycles. The van der Waals surface area contributed by atoms with Crippen molar-refractivity contribution in [3.8, 4) is 0 Å². The lowest BCUT2D eigenvalue weighted by Crippen LogP contribution is -2.50. The number of ether oxygens (including phenoxy) is 2. The standard InChI is InChI=1S/C11H22N2O4/c1-16-5-6-17-8-9(14)7-13-10-3-2-4-12-11(10)15/h9-10,13-14H,2-8H2,1H3,(H,12,15). The van der Waals surface area contributed by atoms with E-state index < -0.39 is 6.10 Å². The molecule has 0 aliphatic carbocycles. The van der Waals surface area contributed by atoms with Gasteiger partial charge in [-0.3, -0.25) is 4.79 Å². The van der Waals surface area contributed by atoms with Crippen molar-refractivity contribution < 1.29 is 19.4 Å². The van der Waals surface area contributed by atoms with Gasteiger partial charge in [0.1, 0.15) is 0 Å². The van der Waals surface area contributed by atoms with E-state index in [4.69, 9.17) is 9.47 Å². The highest BCUT2D eigenvalue weighted by Crippen LogP contribution is 2.02. The molecular weight excluding hydrogens is 224 g/mol. The van der Waals surface area contributed by atoms with Gasteiger partial charge < -0.3 is 25.2 Å². The molecule has 3 N–H and O–H groups in total. The Labute approximate surface area is 102 Å². The molecule has 17 heavy (non-hydrogen) atoms. The van der Waals surface area contributed by atoms with Gasteiger partial charge in [0.05, 0.1) is 32.0 Å². The molecule has 1 aliphatic rings. The summed E-state index contributed by atoms with van der Waals surface area (Å²) in [7, 11) is 1.60. The van der Waals surface area contributed by atoms with Crippen LogP contribution in [0.15, 0.2) is 0 Å². The minimum absolute atomic E-state index is 0.0174. The maximum absolute atomic E-state index is 11.4. The number of hydrogen-bond acceptors (Lipinski definition) is 5. The zero-order valence-electron chi connectivity index (χ0n) is 10.3. The number of methoxy groups -OCH3 is 1. The third-order valence-electron chi connectivity index (χ3n) is 2.63. The maximum Gasteiger partial charge on any atom is 0.237 e. The molecule has 1 rings (SSSR count). The maximum atomic E-state index is 11.4. The average molecular weight is 246 g/mol. The molecule has 2 unspecified atom stereocenters. The Morgan fingerprint density at radius 3 is 3.12 bits per heavy atom. The second-order valence-electron chi connectivity index (χ2n) is 4.12. The van der Waals surface area contributed by atoms with Crippen molar-refractivity contribution in [2.45, 2.75) is 25.0 Å². The van der Waals surface area contributed by atoms with E-state index in [1.807, 2.05) is 0 Å². The van der Waals surface area contributed by atoms with E-state index >= 15 is 0 Å². The molecule has 0 radical (unpaired) electrons. The SMILES string of the molecule is COCCOCC(O)CNC1CCCNC1=O. The summed E-state index contributed by atoms with van der Waals surface area (Å²) >= 11 is 0. The lowest BCUT2D eigenvalue weighted by molar-refractivity contribution is -0.124. The fraction of sp³-hybridized carbons (Fsp3) is 0.909. The van der Waals surface area contributed by atoms with E-state index in [9.17, 15) is 9.90 Å². The minimum atomic E-state index is -0.596. The van der Waals surface area contributed by atoms with E-state index in [0.29, 0.717) is 19.8 Å². The minimum Gasteiger partial charge on any atom is -0.389 e. The van der Waals surface area contributed by atoms with Gasteiger partial charge in [-0.15, -0.1) is 0 Å². The van der Waals surface area contributed by atoms with Gasteiger partial charge in [0, 0.05) is 20.2 Å². The van der Waals surface area contributed by atoms with Crippen LogP contribution in [0.3, 0.4) is 0 Å². The smallest absolute Gasteiger partial charge is 0.237 e. The van der Waals surface area contributed by atoms with Crippen molar-refractivity contribution in [3.05, 3.63) is 0 Å². The molecule has 0 spiro atoms. The third-order valence-corrected chi connectivity index (χ3v) is 2.63. The number of carbonyl (C=O) groups is 1. The summed E-state index contributed by atoms with van der Waals surface area (Å²) in [6, 6.07) is -0.183. The van der Waals surface area contributed by atoms with Gasteiger partial charge in [0.2, 0.25) is 5.91 Å². The fourth-order valence-corrected chi connectivity index (χ4v) is 1.67. The van der Waals surface area contributed by atoms with Gasteiger partial charge in [-0.1, -0.05) is 0 Å². The first-order chi connectivity index (χ1) is 8.24. The molecule has 0 aromatic carbocycles. The van der Waals surface area contributed by atoms with Crippen LogP contribution < -0.4 is 10.6 Å². The number of aliphatic hydroxyl groups is 1. The normalized spacial score (nSPS) is 22.2. The van der Waals surface area contributed by atoms with Gasteiger partial charge in [0.25, 0.3) is 0 Å². The largest absolute Gasteiger partial charge is 0.389 e. The van der Waals surface area contributed by atoms with E-state index in [1.165, 1.54) is 0 Å². The van der Waals surface area contributed by atoms with Crippen LogP contribution in [0.4, 0.5) is 0 Å². The molecule has 1 heterocycles. The lowest BCUT2D eigenvalue weighted by atomic mass is 10.1. The highest BCUT2D eigenvalue weighted by molar-refractivity contribution is 5.82. The lowest BCUT2D eigenvalue weighted by Gasteiger charge is -2.24. The molecule has 6 heteroatoms. The summed E-state index contributed by atoms with van der Waals surface area (Å²) in [4.78, 5) is 11.4. The van der Waals surface area contributed by atoms with Crippen molar-refractivity contribution in [3.63, 3.8) is 0 Å². The van der Waals surface area contributed by atoms with Crippen LogP contribution in [-0.4, -0.2) is 63.2 Å². The Bertz CT molecular complexity index is 226. The number of piperidine rings is 1. The van der Waals surface area contributed by atoms with Crippen LogP contribution in [-0.2, 0) is 14.3 Å². The molecule has 0 aromatic heterocycles. The second kappa shape index (κ2) is 8.41. The Morgan fingerprint density at radius 1 is 1.59 bits per heavy atom. The van der Waals surface area contributed by atoms with E-state index in [-0.39, 0.29) is 18.6 Å². The van der Waals surface area contributed by atoms with E-state index in [2.05, 4.69) is 10.6 Å². The van der Waals surface area contributed by atoms with Crippen molar-refractivity contribution in [1.29, 1.82) is 0 Å². The quantitative estimate of drug-likeness (QED) is 0.473. The Hall–Kier alpha value is -0.690. The van der Waals surface area contributed by atoms with Crippen LogP contribution in [0.2, 0.25) is 0 Å². The highest BCUT2D eigenvalue weighted by Gasteiger charge is 2.21. The molecule has 0 bridgehead atoms. The van der Waals surface area contributed by atoms with Gasteiger partial charge in [-0.25, -0.2) is 0 Å². The molecule has 0 aromatic rings. The van der Waals surface area contributed by atoms with Crippen molar-refractivity contribution in [2.75, 3.05) is 40.0 Å². The summed E-state index contributed by atoms with van der Waals surface area (Å²) in [5, 5.41) is 15.4. The van der Waals surface area contributed by atoms with Gasteiger partial charge in [-0.2, -0.15) is 0 Å². The molecule has 2 atom stereocenters. The first kappa shape index (κ1) is 14.4. The van der Waals surface area contributed by atoms with Gasteiger partial charge in [-0.05, 0) is 12.8 Å². The number of amides is 1. The van der Waals surface area contributed by atoms with Crippen molar-refractivity contribution in [2.24, 2.45) is 0 Å². The van der Waals surface area contributed by atoms with Crippen molar-refractivity contribution >= 4 is 5.91 Å². The van der Waals surface area contributed by atoms with Crippen LogP contribution >= 0.6 is 0 Å². The predicted octanol–water partition coefficient (Wildman–Crippen LogP) is -1.12. The third kappa shape index (κ3) is 5.97. The molecule has 1 fully saturated rings. The summed E-state index contributed by atoms with van der Waals surface area (Å²) in [6.07, 6.45) is 1.20. The van der Waals surface area contributed by atoms with Crippen molar-refractivity contribution in [1.82, 2.24) is 10.6 Å². The molecule has 6 nitrogen and oxygen atoms in total. The molecule has 1 amide bonds. The summed E-state index contributed by atoms with van der Waals surface area (Å²) in [5.41, 5.74) is 0. The fourth-order valence-electron chi connectivity index (χ4n) is 1.67. The van der Waals surface area contributed by atoms with Crippen LogP contribution in [0.1, 0.15) is 12.8 Å². The molecule has 1 saturated heterocycles. The topological polar surface area (TPSA) is 79.8 Å². The predicted molar refractivity (Wildman–Crippen MR) is 62.7 cm³/mol.